The van der Waals surface area contributed by atoms with Crippen LogP contribution in [0.25, 0.3) is 0 Å². The molecule has 0 bridgehead atoms. The van der Waals surface area contributed by atoms with E-state index < -0.39 is 12.1 Å². The molecule has 0 saturated carbocycles. The predicted molar refractivity (Wildman–Crippen MR) is 49.4 cm³/mol. The summed E-state index contributed by atoms with van der Waals surface area (Å²) in [5.74, 6) is -0.184. The Bertz CT molecular complexity index is 284. The second-order valence-electron chi connectivity index (χ2n) is 3.15. The topological polar surface area (TPSA) is 80.0 Å². The minimum absolute atomic E-state index is 0.184. The highest BCUT2D eigenvalue weighted by Gasteiger charge is 2.14. The lowest BCUT2D eigenvalue weighted by molar-refractivity contribution is -0.124. The van der Waals surface area contributed by atoms with Crippen molar-refractivity contribution in [1.29, 1.82) is 0 Å². The van der Waals surface area contributed by atoms with E-state index in [0.717, 1.165) is 0 Å². The number of aliphatic hydroxyl groups excluding tert-OH is 1. The summed E-state index contributed by atoms with van der Waals surface area (Å²) in [6.45, 7) is 3.57. The molecule has 1 amide bonds. The Morgan fingerprint density at radius 2 is 2.36 bits per heavy atom. The first kappa shape index (κ1) is 10.6. The van der Waals surface area contributed by atoms with Gasteiger partial charge in [-0.25, -0.2) is 9.67 Å². The van der Waals surface area contributed by atoms with Gasteiger partial charge in [0, 0.05) is 6.54 Å². The normalized spacial score (nSPS) is 14.8. The Kier molecular flexibility index (Phi) is 3.58. The molecule has 78 valence electrons. The Hall–Kier alpha value is -1.43. The highest BCUT2D eigenvalue weighted by molar-refractivity contribution is 5.79. The van der Waals surface area contributed by atoms with Crippen molar-refractivity contribution in [3.8, 4) is 0 Å². The van der Waals surface area contributed by atoms with Crippen LogP contribution < -0.4 is 5.32 Å². The summed E-state index contributed by atoms with van der Waals surface area (Å²) in [6.07, 6.45) is 2.31. The molecule has 1 aromatic rings. The maximum absolute atomic E-state index is 11.4. The highest BCUT2D eigenvalue weighted by Crippen LogP contribution is 2.00. The van der Waals surface area contributed by atoms with Gasteiger partial charge in [-0.05, 0) is 13.8 Å². The molecule has 0 aliphatic heterocycles. The van der Waals surface area contributed by atoms with Crippen LogP contribution in [0.4, 0.5) is 0 Å². The summed E-state index contributed by atoms with van der Waals surface area (Å²) < 4.78 is 1.46. The zero-order valence-electron chi connectivity index (χ0n) is 8.21. The van der Waals surface area contributed by atoms with Crippen molar-refractivity contribution in [1.82, 2.24) is 20.1 Å². The first-order chi connectivity index (χ1) is 6.61. The number of nitrogens with zero attached hydrogens (tertiary/aromatic N) is 3. The van der Waals surface area contributed by atoms with E-state index in [4.69, 9.17) is 5.11 Å². The van der Waals surface area contributed by atoms with Gasteiger partial charge in [-0.1, -0.05) is 0 Å². The van der Waals surface area contributed by atoms with Gasteiger partial charge < -0.3 is 10.4 Å². The fraction of sp³-hybridized carbons (Fsp3) is 0.625. The summed E-state index contributed by atoms with van der Waals surface area (Å²) in [7, 11) is 0. The molecule has 0 spiro atoms. The van der Waals surface area contributed by atoms with Gasteiger partial charge in [-0.2, -0.15) is 5.10 Å². The summed E-state index contributed by atoms with van der Waals surface area (Å²) >= 11 is 0. The van der Waals surface area contributed by atoms with Gasteiger partial charge >= 0.3 is 0 Å². The molecule has 6 heteroatoms. The third-order valence-electron chi connectivity index (χ3n) is 1.78. The van der Waals surface area contributed by atoms with Crippen LogP contribution in [0.15, 0.2) is 12.7 Å². The van der Waals surface area contributed by atoms with E-state index in [1.165, 1.54) is 17.3 Å². The lowest BCUT2D eigenvalue weighted by Crippen LogP contribution is -2.35. The Morgan fingerprint density at radius 3 is 2.86 bits per heavy atom. The number of nitrogens with one attached hydrogen (secondary N) is 1. The molecule has 0 fully saturated rings. The molecule has 1 aromatic heterocycles. The molecule has 1 heterocycles. The van der Waals surface area contributed by atoms with E-state index in [1.807, 2.05) is 0 Å². The van der Waals surface area contributed by atoms with Gasteiger partial charge in [0.1, 0.15) is 18.7 Å². The monoisotopic (exact) mass is 198 g/mol. The number of carbonyl (C=O) groups is 1. The number of aromatic nitrogens is 3. The fourth-order valence-electron chi connectivity index (χ4n) is 0.934. The SMILES string of the molecule is CC(C(=O)NC[C@H](C)O)n1cncn1. The van der Waals surface area contributed by atoms with Crippen molar-refractivity contribution < 1.29 is 9.90 Å². The molecule has 0 aliphatic rings. The van der Waals surface area contributed by atoms with Crippen molar-refractivity contribution >= 4 is 5.91 Å². The Balaban J connectivity index is 2.45. The van der Waals surface area contributed by atoms with Crippen LogP contribution in [0.1, 0.15) is 19.9 Å². The van der Waals surface area contributed by atoms with Gasteiger partial charge in [-0.15, -0.1) is 0 Å². The lowest BCUT2D eigenvalue weighted by atomic mass is 10.3. The van der Waals surface area contributed by atoms with Crippen molar-refractivity contribution in [2.45, 2.75) is 26.0 Å². The molecule has 0 aromatic carbocycles. The van der Waals surface area contributed by atoms with Crippen molar-refractivity contribution in [3.05, 3.63) is 12.7 Å². The summed E-state index contributed by atoms with van der Waals surface area (Å²) in [5.41, 5.74) is 0. The molecule has 1 unspecified atom stereocenters. The van der Waals surface area contributed by atoms with Gasteiger partial charge in [-0.3, -0.25) is 4.79 Å². The molecule has 2 atom stereocenters. The number of aliphatic hydroxyl groups is 1. The molecular weight excluding hydrogens is 184 g/mol. The van der Waals surface area contributed by atoms with Crippen LogP contribution >= 0.6 is 0 Å². The van der Waals surface area contributed by atoms with Crippen LogP contribution in [0.5, 0.6) is 0 Å². The molecule has 0 saturated heterocycles. The lowest BCUT2D eigenvalue weighted by Gasteiger charge is -2.12. The zero-order valence-corrected chi connectivity index (χ0v) is 8.21. The number of rotatable bonds is 4. The molecular formula is C8H14N4O2. The first-order valence-corrected chi connectivity index (χ1v) is 4.41. The third kappa shape index (κ3) is 2.81. The molecule has 0 radical (unpaired) electrons. The number of carbonyl (C=O) groups excluding carboxylic acids is 1. The van der Waals surface area contributed by atoms with E-state index in [-0.39, 0.29) is 12.5 Å². The maximum atomic E-state index is 11.4. The van der Waals surface area contributed by atoms with Gasteiger partial charge in [0.25, 0.3) is 0 Å². The van der Waals surface area contributed by atoms with Gasteiger partial charge in [0.15, 0.2) is 0 Å². The maximum Gasteiger partial charge on any atom is 0.244 e. The van der Waals surface area contributed by atoms with Gasteiger partial charge in [0.05, 0.1) is 6.10 Å². The van der Waals surface area contributed by atoms with Crippen LogP contribution in [0, 0.1) is 0 Å². The van der Waals surface area contributed by atoms with Crippen LogP contribution in [-0.4, -0.2) is 38.4 Å². The summed E-state index contributed by atoms with van der Waals surface area (Å²) in [6, 6.07) is -0.406. The second kappa shape index (κ2) is 4.71. The Labute approximate surface area is 82.0 Å². The standard InChI is InChI=1S/C8H14N4O2/c1-6(13)3-10-8(14)7(2)12-5-9-4-11-12/h4-7,13H,3H2,1-2H3,(H,10,14)/t6-,7?/m0/s1. The van der Waals surface area contributed by atoms with Crippen LogP contribution in [-0.2, 0) is 4.79 Å². The molecule has 1 rings (SSSR count). The predicted octanol–water partition coefficient (Wildman–Crippen LogP) is -0.664. The van der Waals surface area contributed by atoms with Crippen molar-refractivity contribution in [2.24, 2.45) is 0 Å². The summed E-state index contributed by atoms with van der Waals surface area (Å²) in [4.78, 5) is 15.2. The number of amides is 1. The molecule has 2 N–H and O–H groups in total. The smallest absolute Gasteiger partial charge is 0.244 e. The number of hydrogen-bond acceptors (Lipinski definition) is 4. The Morgan fingerprint density at radius 1 is 1.64 bits per heavy atom. The number of hydrogen-bond donors (Lipinski definition) is 2. The van der Waals surface area contributed by atoms with Gasteiger partial charge in [0.2, 0.25) is 5.91 Å². The average Bonchev–Trinajstić information content (AvgIpc) is 2.65. The minimum Gasteiger partial charge on any atom is -0.392 e. The first-order valence-electron chi connectivity index (χ1n) is 4.41. The molecule has 6 nitrogen and oxygen atoms in total. The van der Waals surface area contributed by atoms with E-state index in [9.17, 15) is 4.79 Å². The summed E-state index contributed by atoms with van der Waals surface area (Å²) in [5, 5.41) is 15.4. The minimum atomic E-state index is -0.540. The third-order valence-corrected chi connectivity index (χ3v) is 1.78. The highest BCUT2D eigenvalue weighted by atomic mass is 16.3. The fourth-order valence-corrected chi connectivity index (χ4v) is 0.934. The van der Waals surface area contributed by atoms with Crippen LogP contribution in [0.2, 0.25) is 0 Å². The quantitative estimate of drug-likeness (QED) is 0.672. The van der Waals surface area contributed by atoms with E-state index in [0.29, 0.717) is 0 Å². The molecule has 0 aliphatic carbocycles. The van der Waals surface area contributed by atoms with Crippen molar-refractivity contribution in [3.63, 3.8) is 0 Å². The van der Waals surface area contributed by atoms with E-state index in [2.05, 4.69) is 15.4 Å². The zero-order chi connectivity index (χ0) is 10.6. The largest absolute Gasteiger partial charge is 0.392 e. The second-order valence-corrected chi connectivity index (χ2v) is 3.15. The van der Waals surface area contributed by atoms with Crippen molar-refractivity contribution in [2.75, 3.05) is 6.54 Å². The van der Waals surface area contributed by atoms with E-state index >= 15 is 0 Å². The van der Waals surface area contributed by atoms with Crippen LogP contribution in [0.3, 0.4) is 0 Å². The molecule has 14 heavy (non-hydrogen) atoms. The average molecular weight is 198 g/mol. The van der Waals surface area contributed by atoms with E-state index in [1.54, 1.807) is 13.8 Å².